The summed E-state index contributed by atoms with van der Waals surface area (Å²) in [6, 6.07) is 4.26. The highest BCUT2D eigenvalue weighted by atomic mass is 16.5. The van der Waals surface area contributed by atoms with Gasteiger partial charge in [-0.3, -0.25) is 9.59 Å². The van der Waals surface area contributed by atoms with Crippen LogP contribution in [0.15, 0.2) is 18.2 Å². The van der Waals surface area contributed by atoms with Crippen molar-refractivity contribution >= 4 is 11.9 Å². The monoisotopic (exact) mass is 254 g/mol. The number of aromatic hydroxyl groups is 1. The molecule has 1 rings (SSSR count). The Morgan fingerprint density at radius 2 is 1.89 bits per heavy atom. The quantitative estimate of drug-likeness (QED) is 0.657. The van der Waals surface area contributed by atoms with Crippen LogP contribution in [-0.4, -0.2) is 33.9 Å². The number of rotatable bonds is 6. The van der Waals surface area contributed by atoms with Gasteiger partial charge in [0.1, 0.15) is 0 Å². The van der Waals surface area contributed by atoms with Gasteiger partial charge in [-0.25, -0.2) is 0 Å². The van der Waals surface area contributed by atoms with Crippen molar-refractivity contribution in [3.05, 3.63) is 23.8 Å². The van der Waals surface area contributed by atoms with Crippen LogP contribution in [0.25, 0.3) is 0 Å². The summed E-state index contributed by atoms with van der Waals surface area (Å²) in [4.78, 5) is 21.5. The number of hydrogen-bond donors (Lipinski definition) is 3. The Labute approximate surface area is 103 Å². The number of phenols is 1. The normalized spacial score (nSPS) is 10.3. The van der Waals surface area contributed by atoms with Crippen molar-refractivity contribution in [3.8, 4) is 11.5 Å². The summed E-state index contributed by atoms with van der Waals surface area (Å²) in [6.07, 6.45) is -0.162. The SMILES string of the molecule is CCOc1cc(CC(C(=O)O)C(=O)O)ccc1O. The fourth-order valence-corrected chi connectivity index (χ4v) is 1.47. The van der Waals surface area contributed by atoms with Crippen molar-refractivity contribution in [1.82, 2.24) is 0 Å². The van der Waals surface area contributed by atoms with E-state index in [0.29, 0.717) is 12.2 Å². The Balaban J connectivity index is 2.93. The maximum Gasteiger partial charge on any atom is 0.318 e. The molecule has 0 aromatic heterocycles. The van der Waals surface area contributed by atoms with Crippen LogP contribution in [0.2, 0.25) is 0 Å². The van der Waals surface area contributed by atoms with Crippen molar-refractivity contribution in [1.29, 1.82) is 0 Å². The fraction of sp³-hybridized carbons (Fsp3) is 0.333. The van der Waals surface area contributed by atoms with Crippen molar-refractivity contribution in [3.63, 3.8) is 0 Å². The molecule has 1 aromatic rings. The van der Waals surface area contributed by atoms with E-state index in [2.05, 4.69) is 0 Å². The molecule has 0 radical (unpaired) electrons. The second kappa shape index (κ2) is 5.90. The maximum absolute atomic E-state index is 10.8. The summed E-state index contributed by atoms with van der Waals surface area (Å²) in [5.41, 5.74) is 0.478. The Morgan fingerprint density at radius 3 is 2.39 bits per heavy atom. The van der Waals surface area contributed by atoms with E-state index >= 15 is 0 Å². The first-order valence-electron chi connectivity index (χ1n) is 5.36. The molecule has 6 heteroatoms. The molecule has 0 fully saturated rings. The molecule has 0 atom stereocenters. The van der Waals surface area contributed by atoms with E-state index in [1.165, 1.54) is 18.2 Å². The molecule has 0 saturated carbocycles. The summed E-state index contributed by atoms with van der Waals surface area (Å²) in [7, 11) is 0. The molecule has 3 N–H and O–H groups in total. The molecular weight excluding hydrogens is 240 g/mol. The number of carboxylic acid groups (broad SMARTS) is 2. The summed E-state index contributed by atoms with van der Waals surface area (Å²) in [5, 5.41) is 27.0. The molecule has 18 heavy (non-hydrogen) atoms. The largest absolute Gasteiger partial charge is 0.504 e. The second-order valence-corrected chi connectivity index (χ2v) is 3.67. The van der Waals surface area contributed by atoms with Crippen molar-refractivity contribution in [2.75, 3.05) is 6.61 Å². The number of hydrogen-bond acceptors (Lipinski definition) is 4. The van der Waals surface area contributed by atoms with Crippen molar-refractivity contribution < 1.29 is 29.6 Å². The van der Waals surface area contributed by atoms with E-state index in [1.54, 1.807) is 6.92 Å². The maximum atomic E-state index is 10.8. The van der Waals surface area contributed by atoms with E-state index in [4.69, 9.17) is 14.9 Å². The number of ether oxygens (including phenoxy) is 1. The van der Waals surface area contributed by atoms with Gasteiger partial charge in [0.05, 0.1) is 6.61 Å². The molecule has 0 aliphatic rings. The number of carbonyl (C=O) groups is 2. The predicted octanol–water partition coefficient (Wildman–Crippen LogP) is 1.12. The smallest absolute Gasteiger partial charge is 0.318 e. The summed E-state index contributed by atoms with van der Waals surface area (Å²) >= 11 is 0. The molecule has 98 valence electrons. The van der Waals surface area contributed by atoms with E-state index in [0.717, 1.165) is 0 Å². The van der Waals surface area contributed by atoms with E-state index in [-0.39, 0.29) is 17.9 Å². The van der Waals surface area contributed by atoms with Crippen LogP contribution in [0, 0.1) is 5.92 Å². The topological polar surface area (TPSA) is 104 Å². The standard InChI is InChI=1S/C12H14O6/c1-2-18-10-6-7(3-4-9(10)13)5-8(11(14)15)12(16)17/h3-4,6,8,13H,2,5H2,1H3,(H,14,15)(H,16,17). The third-order valence-corrected chi connectivity index (χ3v) is 2.36. The molecule has 6 nitrogen and oxygen atoms in total. The zero-order valence-electron chi connectivity index (χ0n) is 9.79. The van der Waals surface area contributed by atoms with Crippen molar-refractivity contribution in [2.45, 2.75) is 13.3 Å². The third kappa shape index (κ3) is 3.38. The van der Waals surface area contributed by atoms with E-state index in [9.17, 15) is 14.7 Å². The lowest BCUT2D eigenvalue weighted by Gasteiger charge is -2.10. The Kier molecular flexibility index (Phi) is 4.53. The zero-order chi connectivity index (χ0) is 13.7. The zero-order valence-corrected chi connectivity index (χ0v) is 9.79. The molecule has 0 heterocycles. The highest BCUT2D eigenvalue weighted by Gasteiger charge is 2.26. The molecule has 0 saturated heterocycles. The minimum absolute atomic E-state index is 0.0669. The van der Waals surface area contributed by atoms with Crippen LogP contribution in [0.1, 0.15) is 12.5 Å². The minimum Gasteiger partial charge on any atom is -0.504 e. The Bertz CT molecular complexity index is 440. The van der Waals surface area contributed by atoms with Gasteiger partial charge in [0.15, 0.2) is 17.4 Å². The molecule has 0 aliphatic carbocycles. The average molecular weight is 254 g/mol. The van der Waals surface area contributed by atoms with Gasteiger partial charge in [-0.15, -0.1) is 0 Å². The van der Waals surface area contributed by atoms with Crippen LogP contribution < -0.4 is 4.74 Å². The van der Waals surface area contributed by atoms with E-state index < -0.39 is 17.9 Å². The van der Waals surface area contributed by atoms with Crippen LogP contribution in [0.3, 0.4) is 0 Å². The highest BCUT2D eigenvalue weighted by molar-refractivity contribution is 5.93. The molecule has 0 spiro atoms. The summed E-state index contributed by atoms with van der Waals surface area (Å²) < 4.78 is 5.13. The Hall–Kier alpha value is -2.24. The van der Waals surface area contributed by atoms with Gasteiger partial charge < -0.3 is 20.1 Å². The van der Waals surface area contributed by atoms with Crippen molar-refractivity contribution in [2.24, 2.45) is 5.92 Å². The number of phenolic OH excluding ortho intramolecular Hbond substituents is 1. The fourth-order valence-electron chi connectivity index (χ4n) is 1.47. The van der Waals surface area contributed by atoms with Gasteiger partial charge in [0, 0.05) is 0 Å². The first-order chi connectivity index (χ1) is 8.45. The second-order valence-electron chi connectivity index (χ2n) is 3.67. The first kappa shape index (κ1) is 13.8. The van der Waals surface area contributed by atoms with Gasteiger partial charge in [-0.1, -0.05) is 6.07 Å². The summed E-state index contributed by atoms with van der Waals surface area (Å²) in [5.74, 6) is -4.15. The van der Waals surface area contributed by atoms with Gasteiger partial charge in [-0.05, 0) is 31.0 Å². The molecule has 0 amide bonds. The van der Waals surface area contributed by atoms with Gasteiger partial charge in [-0.2, -0.15) is 0 Å². The lowest BCUT2D eigenvalue weighted by molar-refractivity contribution is -0.154. The lowest BCUT2D eigenvalue weighted by atomic mass is 9.99. The lowest BCUT2D eigenvalue weighted by Crippen LogP contribution is -2.25. The van der Waals surface area contributed by atoms with Crippen LogP contribution in [0.5, 0.6) is 11.5 Å². The van der Waals surface area contributed by atoms with E-state index in [1.807, 2.05) is 0 Å². The van der Waals surface area contributed by atoms with Gasteiger partial charge in [0.25, 0.3) is 0 Å². The predicted molar refractivity (Wildman–Crippen MR) is 61.7 cm³/mol. The number of carboxylic acids is 2. The third-order valence-electron chi connectivity index (χ3n) is 2.36. The minimum atomic E-state index is -1.51. The molecule has 0 bridgehead atoms. The molecule has 0 unspecified atom stereocenters. The van der Waals surface area contributed by atoms with Crippen LogP contribution in [0.4, 0.5) is 0 Å². The molecule has 0 aliphatic heterocycles. The highest BCUT2D eigenvalue weighted by Crippen LogP contribution is 2.27. The average Bonchev–Trinajstić information content (AvgIpc) is 2.29. The number of aliphatic carboxylic acids is 2. The molecule has 1 aromatic carbocycles. The van der Waals surface area contributed by atoms with Gasteiger partial charge >= 0.3 is 11.9 Å². The number of benzene rings is 1. The Morgan fingerprint density at radius 1 is 1.28 bits per heavy atom. The van der Waals surface area contributed by atoms with Crippen LogP contribution in [-0.2, 0) is 16.0 Å². The summed E-state index contributed by atoms with van der Waals surface area (Å²) in [6.45, 7) is 2.09. The van der Waals surface area contributed by atoms with Crippen LogP contribution >= 0.6 is 0 Å². The molecular formula is C12H14O6. The first-order valence-corrected chi connectivity index (χ1v) is 5.36. The van der Waals surface area contributed by atoms with Gasteiger partial charge in [0.2, 0.25) is 0 Å².